The number of sulfonamides is 1. The topological polar surface area (TPSA) is 75.7 Å². The van der Waals surface area contributed by atoms with Crippen molar-refractivity contribution in [3.8, 4) is 0 Å². The van der Waals surface area contributed by atoms with E-state index >= 15 is 0 Å². The highest BCUT2D eigenvalue weighted by Gasteiger charge is 2.29. The van der Waals surface area contributed by atoms with Gasteiger partial charge in [-0.2, -0.15) is 4.31 Å². The smallest absolute Gasteiger partial charge is 0.251 e. The van der Waals surface area contributed by atoms with E-state index in [1.807, 2.05) is 18.2 Å². The minimum atomic E-state index is -3.63. The van der Waals surface area contributed by atoms with E-state index in [0.717, 1.165) is 25.7 Å². The van der Waals surface area contributed by atoms with Gasteiger partial charge in [0.25, 0.3) is 5.91 Å². The van der Waals surface area contributed by atoms with Crippen LogP contribution in [-0.2, 0) is 21.2 Å². The molecule has 1 aliphatic heterocycles. The summed E-state index contributed by atoms with van der Waals surface area (Å²) in [6, 6.07) is 16.9. The minimum absolute atomic E-state index is 0.0981. The largest absolute Gasteiger partial charge is 0.379 e. The van der Waals surface area contributed by atoms with E-state index in [1.54, 1.807) is 18.2 Å². The van der Waals surface area contributed by atoms with Crippen LogP contribution in [0.2, 0.25) is 0 Å². The monoisotopic (exact) mass is 442 g/mol. The van der Waals surface area contributed by atoms with E-state index in [-0.39, 0.29) is 16.8 Å². The van der Waals surface area contributed by atoms with E-state index in [1.165, 1.54) is 22.4 Å². The van der Waals surface area contributed by atoms with Gasteiger partial charge in [-0.1, -0.05) is 49.2 Å². The number of carbonyl (C=O) groups is 1. The van der Waals surface area contributed by atoms with Gasteiger partial charge in [-0.3, -0.25) is 4.79 Å². The predicted octanol–water partition coefficient (Wildman–Crippen LogP) is 3.24. The van der Waals surface area contributed by atoms with Crippen LogP contribution in [0.1, 0.15) is 41.6 Å². The highest BCUT2D eigenvalue weighted by Crippen LogP contribution is 2.28. The molecule has 7 heteroatoms. The molecule has 1 heterocycles. The zero-order valence-corrected chi connectivity index (χ0v) is 18.5. The Hall–Kier alpha value is -2.22. The van der Waals surface area contributed by atoms with E-state index in [0.29, 0.717) is 37.8 Å². The highest BCUT2D eigenvalue weighted by atomic mass is 32.2. The first-order valence-electron chi connectivity index (χ1n) is 11.1. The molecule has 2 aliphatic rings. The van der Waals surface area contributed by atoms with Crippen molar-refractivity contribution in [2.24, 2.45) is 5.92 Å². The number of benzene rings is 2. The molecule has 4 rings (SSSR count). The second-order valence-corrected chi connectivity index (χ2v) is 10.3. The molecular weight excluding hydrogens is 412 g/mol. The Kier molecular flexibility index (Phi) is 7.05. The summed E-state index contributed by atoms with van der Waals surface area (Å²) in [6.07, 6.45) is 5.26. The molecule has 0 spiro atoms. The Morgan fingerprint density at radius 1 is 1.00 bits per heavy atom. The van der Waals surface area contributed by atoms with Crippen molar-refractivity contribution in [2.45, 2.75) is 43.0 Å². The fourth-order valence-electron chi connectivity index (χ4n) is 4.54. The first kappa shape index (κ1) is 22.0. The van der Waals surface area contributed by atoms with Crippen LogP contribution in [-0.4, -0.2) is 51.0 Å². The van der Waals surface area contributed by atoms with Crippen LogP contribution in [0.4, 0.5) is 0 Å². The standard InChI is InChI=1S/C24H30N2O4S/c27-24(25-23-12-5-4-9-20(23)17-19-7-2-1-3-8-19)21-10-6-11-22(18-21)31(28,29)26-13-15-30-16-14-26/h1-3,6-8,10-11,18,20,23H,4-5,9,12-17H2,(H,25,27). The van der Waals surface area contributed by atoms with Crippen LogP contribution in [0, 0.1) is 5.92 Å². The minimum Gasteiger partial charge on any atom is -0.379 e. The van der Waals surface area contributed by atoms with Crippen LogP contribution >= 0.6 is 0 Å². The fraction of sp³-hybridized carbons (Fsp3) is 0.458. The maximum absolute atomic E-state index is 13.0. The summed E-state index contributed by atoms with van der Waals surface area (Å²) in [6.45, 7) is 1.46. The SMILES string of the molecule is O=C(NC1CCCCC1Cc1ccccc1)c1cccc(S(=O)(=O)N2CCOCC2)c1. The molecule has 2 atom stereocenters. The summed E-state index contributed by atoms with van der Waals surface area (Å²) in [5.41, 5.74) is 1.67. The maximum atomic E-state index is 13.0. The molecule has 2 aromatic carbocycles. The molecule has 0 bridgehead atoms. The van der Waals surface area contributed by atoms with Crippen LogP contribution < -0.4 is 5.32 Å². The lowest BCUT2D eigenvalue weighted by Crippen LogP contribution is -2.43. The Morgan fingerprint density at radius 3 is 2.52 bits per heavy atom. The maximum Gasteiger partial charge on any atom is 0.251 e. The Labute approximate surface area is 184 Å². The van der Waals surface area contributed by atoms with Gasteiger partial charge in [0.1, 0.15) is 0 Å². The Balaban J connectivity index is 1.47. The second-order valence-electron chi connectivity index (χ2n) is 8.36. The van der Waals surface area contributed by atoms with E-state index in [2.05, 4.69) is 17.4 Å². The molecule has 2 fully saturated rings. The molecule has 1 N–H and O–H groups in total. The predicted molar refractivity (Wildman–Crippen MR) is 119 cm³/mol. The molecule has 31 heavy (non-hydrogen) atoms. The van der Waals surface area contributed by atoms with Gasteiger partial charge >= 0.3 is 0 Å². The van der Waals surface area contributed by atoms with E-state index in [4.69, 9.17) is 4.74 Å². The van der Waals surface area contributed by atoms with Gasteiger partial charge in [-0.05, 0) is 48.9 Å². The zero-order chi connectivity index (χ0) is 21.7. The molecule has 6 nitrogen and oxygen atoms in total. The van der Waals surface area contributed by atoms with Crippen LogP contribution in [0.25, 0.3) is 0 Å². The first-order chi connectivity index (χ1) is 15.0. The summed E-state index contributed by atoms with van der Waals surface area (Å²) >= 11 is 0. The summed E-state index contributed by atoms with van der Waals surface area (Å²) < 4.78 is 32.6. The number of morpholine rings is 1. The first-order valence-corrected chi connectivity index (χ1v) is 12.5. The average molecular weight is 443 g/mol. The van der Waals surface area contributed by atoms with Gasteiger partial charge in [0.2, 0.25) is 10.0 Å². The van der Waals surface area contributed by atoms with Crippen LogP contribution in [0.3, 0.4) is 0 Å². The summed E-state index contributed by atoms with van der Waals surface area (Å²) in [7, 11) is -3.63. The van der Waals surface area contributed by atoms with Crippen molar-refractivity contribution in [1.29, 1.82) is 0 Å². The van der Waals surface area contributed by atoms with Crippen molar-refractivity contribution in [1.82, 2.24) is 9.62 Å². The molecule has 0 radical (unpaired) electrons. The highest BCUT2D eigenvalue weighted by molar-refractivity contribution is 7.89. The Morgan fingerprint density at radius 2 is 1.74 bits per heavy atom. The lowest BCUT2D eigenvalue weighted by molar-refractivity contribution is 0.0730. The third-order valence-corrected chi connectivity index (χ3v) is 8.16. The lowest BCUT2D eigenvalue weighted by atomic mass is 9.80. The number of nitrogens with one attached hydrogen (secondary N) is 1. The third-order valence-electron chi connectivity index (χ3n) is 6.27. The van der Waals surface area contributed by atoms with E-state index < -0.39 is 10.0 Å². The van der Waals surface area contributed by atoms with Crippen molar-refractivity contribution in [2.75, 3.05) is 26.3 Å². The van der Waals surface area contributed by atoms with E-state index in [9.17, 15) is 13.2 Å². The van der Waals surface area contributed by atoms with Crippen LogP contribution in [0.5, 0.6) is 0 Å². The van der Waals surface area contributed by atoms with Gasteiger partial charge in [0.05, 0.1) is 18.1 Å². The zero-order valence-electron chi connectivity index (χ0n) is 17.7. The molecule has 0 aromatic heterocycles. The quantitative estimate of drug-likeness (QED) is 0.745. The van der Waals surface area contributed by atoms with Crippen molar-refractivity contribution in [3.63, 3.8) is 0 Å². The molecule has 1 saturated heterocycles. The fourth-order valence-corrected chi connectivity index (χ4v) is 6.00. The molecular formula is C24H30N2O4S. The number of carbonyl (C=O) groups excluding carboxylic acids is 1. The number of nitrogens with zero attached hydrogens (tertiary/aromatic N) is 1. The number of hydrogen-bond acceptors (Lipinski definition) is 4. The normalized spacial score (nSPS) is 22.7. The molecule has 1 aliphatic carbocycles. The van der Waals surface area contributed by atoms with Gasteiger partial charge in [-0.15, -0.1) is 0 Å². The summed E-state index contributed by atoms with van der Waals surface area (Å²) in [4.78, 5) is 13.2. The second kappa shape index (κ2) is 9.94. The van der Waals surface area contributed by atoms with Crippen molar-refractivity contribution in [3.05, 3.63) is 65.7 Å². The molecule has 2 aromatic rings. The van der Waals surface area contributed by atoms with Gasteiger partial charge < -0.3 is 10.1 Å². The average Bonchev–Trinajstić information content (AvgIpc) is 2.81. The number of hydrogen-bond donors (Lipinski definition) is 1. The van der Waals surface area contributed by atoms with Gasteiger partial charge in [-0.25, -0.2) is 8.42 Å². The Bertz CT molecular complexity index is 988. The summed E-state index contributed by atoms with van der Waals surface area (Å²) in [5, 5.41) is 3.20. The molecule has 1 amide bonds. The molecule has 166 valence electrons. The van der Waals surface area contributed by atoms with Gasteiger partial charge in [0.15, 0.2) is 0 Å². The lowest BCUT2D eigenvalue weighted by Gasteiger charge is -2.32. The molecule has 1 saturated carbocycles. The molecule has 2 unspecified atom stereocenters. The third kappa shape index (κ3) is 5.34. The van der Waals surface area contributed by atoms with Crippen molar-refractivity contribution >= 4 is 15.9 Å². The number of ether oxygens (including phenoxy) is 1. The summed E-state index contributed by atoms with van der Waals surface area (Å²) in [5.74, 6) is 0.185. The number of amides is 1. The van der Waals surface area contributed by atoms with Crippen molar-refractivity contribution < 1.29 is 17.9 Å². The number of rotatable bonds is 6. The van der Waals surface area contributed by atoms with Crippen LogP contribution in [0.15, 0.2) is 59.5 Å². The van der Waals surface area contributed by atoms with Gasteiger partial charge in [0, 0.05) is 24.7 Å².